The maximum Gasteiger partial charge on any atom is 0.228 e. The fraction of sp³-hybridized carbons (Fsp3) is 0.368. The van der Waals surface area contributed by atoms with Crippen LogP contribution in [0.25, 0.3) is 22.4 Å². The van der Waals surface area contributed by atoms with Crippen LogP contribution in [0.4, 0.5) is 10.3 Å². The van der Waals surface area contributed by atoms with Gasteiger partial charge in [-0.25, -0.2) is 19.3 Å². The van der Waals surface area contributed by atoms with Gasteiger partial charge in [0, 0.05) is 23.7 Å². The number of halogens is 2. The van der Waals surface area contributed by atoms with Crippen LogP contribution in [-0.4, -0.2) is 45.7 Å². The van der Waals surface area contributed by atoms with Gasteiger partial charge in [-0.05, 0) is 39.0 Å². The Labute approximate surface area is 161 Å². The summed E-state index contributed by atoms with van der Waals surface area (Å²) in [5.74, 6) is 0.0448. The van der Waals surface area contributed by atoms with Crippen LogP contribution < -0.4 is 4.90 Å². The van der Waals surface area contributed by atoms with Gasteiger partial charge < -0.3 is 9.64 Å². The summed E-state index contributed by atoms with van der Waals surface area (Å²) in [5, 5.41) is 0.329. The van der Waals surface area contributed by atoms with Crippen LogP contribution in [0.2, 0.25) is 5.02 Å². The highest BCUT2D eigenvalue weighted by Gasteiger charge is 2.23. The third-order valence-corrected chi connectivity index (χ3v) is 4.88. The number of hydrogen-bond acceptors (Lipinski definition) is 6. The number of benzene rings is 1. The molecule has 6 nitrogen and oxygen atoms in total. The molecular weight excluding hydrogens is 369 g/mol. The van der Waals surface area contributed by atoms with Crippen molar-refractivity contribution >= 4 is 28.7 Å². The van der Waals surface area contributed by atoms with Crippen molar-refractivity contribution in [1.82, 2.24) is 19.9 Å². The zero-order valence-corrected chi connectivity index (χ0v) is 16.1. The molecular formula is C19H19ClFN5O. The van der Waals surface area contributed by atoms with Gasteiger partial charge in [-0.2, -0.15) is 4.98 Å². The van der Waals surface area contributed by atoms with Crippen molar-refractivity contribution in [3.05, 3.63) is 40.4 Å². The lowest BCUT2D eigenvalue weighted by Gasteiger charge is -2.31. The molecule has 8 heteroatoms. The average Bonchev–Trinajstić information content (AvgIpc) is 2.62. The van der Waals surface area contributed by atoms with E-state index < -0.39 is 5.82 Å². The lowest BCUT2D eigenvalue weighted by molar-refractivity contribution is 0.0526. The molecule has 140 valence electrons. The highest BCUT2D eigenvalue weighted by atomic mass is 35.5. The Morgan fingerprint density at radius 3 is 2.67 bits per heavy atom. The second kappa shape index (κ2) is 6.98. The number of nitrogens with zero attached hydrogens (tertiary/aromatic N) is 5. The van der Waals surface area contributed by atoms with E-state index in [1.54, 1.807) is 12.1 Å². The van der Waals surface area contributed by atoms with E-state index in [0.717, 1.165) is 11.4 Å². The van der Waals surface area contributed by atoms with E-state index in [4.69, 9.17) is 16.3 Å². The molecule has 0 radical (unpaired) electrons. The van der Waals surface area contributed by atoms with Crippen molar-refractivity contribution in [1.29, 1.82) is 0 Å². The first-order valence-corrected chi connectivity index (χ1v) is 9.15. The van der Waals surface area contributed by atoms with Gasteiger partial charge in [-0.3, -0.25) is 0 Å². The Hall–Kier alpha value is -2.38. The molecule has 3 heterocycles. The summed E-state index contributed by atoms with van der Waals surface area (Å²) < 4.78 is 20.3. The fourth-order valence-corrected chi connectivity index (χ4v) is 3.27. The SMILES string of the molecule is Cc1nc2nc(N3CCOC(C)C3)nc(-c3ccc(Cl)cc3F)c2nc1C. The number of aryl methyl sites for hydroxylation is 2. The normalized spacial score (nSPS) is 17.5. The van der Waals surface area contributed by atoms with Crippen molar-refractivity contribution < 1.29 is 9.13 Å². The Morgan fingerprint density at radius 2 is 1.93 bits per heavy atom. The second-order valence-corrected chi connectivity index (χ2v) is 7.13. The Balaban J connectivity index is 1.95. The number of rotatable bonds is 2. The first-order valence-electron chi connectivity index (χ1n) is 8.77. The van der Waals surface area contributed by atoms with Crippen molar-refractivity contribution in [3.8, 4) is 11.3 Å². The zero-order valence-electron chi connectivity index (χ0n) is 15.3. The molecule has 0 N–H and O–H groups in total. The van der Waals surface area contributed by atoms with Gasteiger partial charge in [0.1, 0.15) is 17.0 Å². The minimum atomic E-state index is -0.455. The molecule has 27 heavy (non-hydrogen) atoms. The summed E-state index contributed by atoms with van der Waals surface area (Å²) in [5.41, 5.74) is 3.21. The molecule has 0 aliphatic carbocycles. The highest BCUT2D eigenvalue weighted by molar-refractivity contribution is 6.30. The topological polar surface area (TPSA) is 64.0 Å². The van der Waals surface area contributed by atoms with Crippen molar-refractivity contribution in [2.75, 3.05) is 24.6 Å². The van der Waals surface area contributed by atoms with Crippen molar-refractivity contribution in [2.45, 2.75) is 26.9 Å². The third-order valence-electron chi connectivity index (χ3n) is 4.64. The summed E-state index contributed by atoms with van der Waals surface area (Å²) >= 11 is 5.91. The molecule has 0 saturated carbocycles. The number of hydrogen-bond donors (Lipinski definition) is 0. The molecule has 1 unspecified atom stereocenters. The van der Waals surface area contributed by atoms with Crippen molar-refractivity contribution in [2.24, 2.45) is 0 Å². The fourth-order valence-electron chi connectivity index (χ4n) is 3.11. The van der Waals surface area contributed by atoms with Gasteiger partial charge in [0.15, 0.2) is 5.65 Å². The molecule has 1 aromatic carbocycles. The predicted octanol–water partition coefficient (Wildman–Crippen LogP) is 3.72. The van der Waals surface area contributed by atoms with Crippen LogP contribution in [0.3, 0.4) is 0 Å². The van der Waals surface area contributed by atoms with Crippen LogP contribution in [0, 0.1) is 19.7 Å². The third kappa shape index (κ3) is 3.44. The molecule has 3 aromatic rings. The van der Waals surface area contributed by atoms with Gasteiger partial charge in [0.2, 0.25) is 5.95 Å². The molecule has 4 rings (SSSR count). The first-order chi connectivity index (χ1) is 12.9. The van der Waals surface area contributed by atoms with Crippen LogP contribution in [0.5, 0.6) is 0 Å². The van der Waals surface area contributed by atoms with E-state index in [-0.39, 0.29) is 6.10 Å². The van der Waals surface area contributed by atoms with E-state index in [1.165, 1.54) is 6.07 Å². The minimum Gasteiger partial charge on any atom is -0.375 e. The molecule has 1 aliphatic rings. The maximum atomic E-state index is 14.7. The molecule has 0 spiro atoms. The molecule has 1 saturated heterocycles. The highest BCUT2D eigenvalue weighted by Crippen LogP contribution is 2.30. The summed E-state index contributed by atoms with van der Waals surface area (Å²) in [7, 11) is 0. The van der Waals surface area contributed by atoms with Crippen LogP contribution in [0.15, 0.2) is 18.2 Å². The predicted molar refractivity (Wildman–Crippen MR) is 103 cm³/mol. The van der Waals surface area contributed by atoms with Gasteiger partial charge in [-0.1, -0.05) is 11.6 Å². The minimum absolute atomic E-state index is 0.0691. The lowest BCUT2D eigenvalue weighted by atomic mass is 10.1. The Morgan fingerprint density at radius 1 is 1.15 bits per heavy atom. The average molecular weight is 388 g/mol. The van der Waals surface area contributed by atoms with Crippen LogP contribution in [-0.2, 0) is 4.74 Å². The first kappa shape index (κ1) is 18.0. The smallest absolute Gasteiger partial charge is 0.228 e. The number of ether oxygens (including phenoxy) is 1. The zero-order chi connectivity index (χ0) is 19.1. The van der Waals surface area contributed by atoms with E-state index in [2.05, 4.69) is 19.9 Å². The van der Waals surface area contributed by atoms with E-state index >= 15 is 0 Å². The van der Waals surface area contributed by atoms with Gasteiger partial charge in [0.25, 0.3) is 0 Å². The summed E-state index contributed by atoms with van der Waals surface area (Å²) in [4.78, 5) is 20.4. The van der Waals surface area contributed by atoms with Crippen LogP contribution in [0.1, 0.15) is 18.3 Å². The van der Waals surface area contributed by atoms with Crippen molar-refractivity contribution in [3.63, 3.8) is 0 Å². The van der Waals surface area contributed by atoms with Gasteiger partial charge >= 0.3 is 0 Å². The quantitative estimate of drug-likeness (QED) is 0.667. The van der Waals surface area contributed by atoms with Gasteiger partial charge in [0.05, 0.1) is 24.1 Å². The Bertz CT molecular complexity index is 1030. The maximum absolute atomic E-state index is 14.7. The van der Waals surface area contributed by atoms with Crippen LogP contribution >= 0.6 is 11.6 Å². The number of fused-ring (bicyclic) bond motifs is 1. The largest absolute Gasteiger partial charge is 0.375 e. The monoisotopic (exact) mass is 387 g/mol. The van der Waals surface area contributed by atoms with Gasteiger partial charge in [-0.15, -0.1) is 0 Å². The molecule has 1 fully saturated rings. The standard InChI is InChI=1S/C19H19ClFN5O/c1-10-9-26(6-7-27-10)19-24-16(14-5-4-13(20)8-15(14)21)17-18(25-19)23-12(3)11(2)22-17/h4-5,8,10H,6-7,9H2,1-3H3. The molecule has 1 atom stereocenters. The van der Waals surface area contributed by atoms with E-state index in [9.17, 15) is 4.39 Å². The second-order valence-electron chi connectivity index (χ2n) is 6.69. The van der Waals surface area contributed by atoms with E-state index in [1.807, 2.05) is 25.7 Å². The number of anilines is 1. The number of morpholine rings is 1. The Kier molecular flexibility index (Phi) is 4.65. The molecule has 2 aromatic heterocycles. The summed E-state index contributed by atoms with van der Waals surface area (Å²) in [6.07, 6.45) is 0.0691. The lowest BCUT2D eigenvalue weighted by Crippen LogP contribution is -2.42. The summed E-state index contributed by atoms with van der Waals surface area (Å²) in [6, 6.07) is 4.52. The summed E-state index contributed by atoms with van der Waals surface area (Å²) in [6.45, 7) is 7.65. The molecule has 0 bridgehead atoms. The molecule has 1 aliphatic heterocycles. The van der Waals surface area contributed by atoms with E-state index in [0.29, 0.717) is 53.1 Å². The molecule has 0 amide bonds. The number of aromatic nitrogens is 4.